The van der Waals surface area contributed by atoms with Crippen LogP contribution in [-0.2, 0) is 19.1 Å². The smallest absolute Gasteiger partial charge is 0.410 e. The average molecular weight is 430 g/mol. The van der Waals surface area contributed by atoms with Crippen molar-refractivity contribution in [3.63, 3.8) is 0 Å². The van der Waals surface area contributed by atoms with Gasteiger partial charge in [0.2, 0.25) is 0 Å². The second-order valence-corrected chi connectivity index (χ2v) is 8.81. The summed E-state index contributed by atoms with van der Waals surface area (Å²) in [5, 5.41) is 11.6. The Hall–Kier alpha value is -3.23. The van der Waals surface area contributed by atoms with E-state index in [1.165, 1.54) is 24.2 Å². The Morgan fingerprint density at radius 3 is 2.55 bits per heavy atom. The van der Waals surface area contributed by atoms with Gasteiger partial charge in [-0.05, 0) is 50.8 Å². The SMILES string of the molecule is COC(=O)C[C@@H]1CN(C(=O)OC(C)(C)C)[C@H]2C[C@@H]1C(=O)C=C2c1ccccc1[N+](=O)[O-]. The highest BCUT2D eigenvalue weighted by Gasteiger charge is 2.47. The van der Waals surface area contributed by atoms with Gasteiger partial charge < -0.3 is 14.4 Å². The second kappa shape index (κ2) is 8.49. The molecule has 2 bridgehead atoms. The number of esters is 1. The molecule has 1 heterocycles. The molecule has 0 radical (unpaired) electrons. The third-order valence-electron chi connectivity index (χ3n) is 5.57. The number of ether oxygens (including phenoxy) is 2. The van der Waals surface area contributed by atoms with Gasteiger partial charge in [0, 0.05) is 18.5 Å². The fraction of sp³-hybridized carbons (Fsp3) is 0.500. The Bertz CT molecular complexity index is 947. The molecule has 166 valence electrons. The average Bonchev–Trinajstić information content (AvgIpc) is 2.70. The Morgan fingerprint density at radius 1 is 1.26 bits per heavy atom. The van der Waals surface area contributed by atoms with Crippen molar-refractivity contribution in [3.05, 3.63) is 46.0 Å². The first-order valence-corrected chi connectivity index (χ1v) is 10.1. The van der Waals surface area contributed by atoms with Crippen LogP contribution in [0.5, 0.6) is 0 Å². The van der Waals surface area contributed by atoms with Crippen LogP contribution in [0.25, 0.3) is 5.57 Å². The molecule has 1 aliphatic heterocycles. The summed E-state index contributed by atoms with van der Waals surface area (Å²) in [4.78, 5) is 50.4. The highest BCUT2D eigenvalue weighted by atomic mass is 16.6. The number of fused-ring (bicyclic) bond motifs is 2. The Kier molecular flexibility index (Phi) is 6.15. The molecule has 2 aliphatic rings. The maximum Gasteiger partial charge on any atom is 0.410 e. The van der Waals surface area contributed by atoms with E-state index in [0.717, 1.165) is 0 Å². The third-order valence-corrected chi connectivity index (χ3v) is 5.57. The number of hydrogen-bond donors (Lipinski definition) is 0. The van der Waals surface area contributed by atoms with Gasteiger partial charge in [0.1, 0.15) is 5.60 Å². The van der Waals surface area contributed by atoms with Gasteiger partial charge in [-0.1, -0.05) is 12.1 Å². The van der Waals surface area contributed by atoms with Crippen LogP contribution in [0.15, 0.2) is 30.3 Å². The van der Waals surface area contributed by atoms with Crippen LogP contribution in [0.2, 0.25) is 0 Å². The number of carbonyl (C=O) groups is 3. The number of rotatable bonds is 4. The molecule has 1 saturated heterocycles. The predicted molar refractivity (Wildman–Crippen MR) is 111 cm³/mol. The Balaban J connectivity index is 2.06. The minimum atomic E-state index is -0.751. The highest BCUT2D eigenvalue weighted by Crippen LogP contribution is 2.43. The fourth-order valence-electron chi connectivity index (χ4n) is 4.23. The summed E-state index contributed by atoms with van der Waals surface area (Å²) in [6, 6.07) is 5.57. The summed E-state index contributed by atoms with van der Waals surface area (Å²) in [5.41, 5.74) is -0.181. The molecular weight excluding hydrogens is 404 g/mol. The normalized spacial score (nSPS) is 23.1. The van der Waals surface area contributed by atoms with Crippen molar-refractivity contribution in [1.82, 2.24) is 4.90 Å². The monoisotopic (exact) mass is 430 g/mol. The van der Waals surface area contributed by atoms with E-state index in [9.17, 15) is 24.5 Å². The van der Waals surface area contributed by atoms with Crippen LogP contribution in [0.1, 0.15) is 39.2 Å². The van der Waals surface area contributed by atoms with E-state index >= 15 is 0 Å². The summed E-state index contributed by atoms with van der Waals surface area (Å²) >= 11 is 0. The molecule has 1 fully saturated rings. The molecule has 0 N–H and O–H groups in total. The van der Waals surface area contributed by atoms with Crippen LogP contribution < -0.4 is 0 Å². The molecule has 1 aliphatic carbocycles. The molecular formula is C22H26N2O7. The summed E-state index contributed by atoms with van der Waals surface area (Å²) in [6.45, 7) is 5.34. The minimum absolute atomic E-state index is 0.00637. The number of piperidine rings is 1. The lowest BCUT2D eigenvalue weighted by atomic mass is 9.71. The first-order valence-electron chi connectivity index (χ1n) is 10.1. The number of para-hydroxylation sites is 1. The van der Waals surface area contributed by atoms with Gasteiger partial charge in [-0.25, -0.2) is 4.79 Å². The number of nitrogens with zero attached hydrogens (tertiary/aromatic N) is 2. The minimum Gasteiger partial charge on any atom is -0.469 e. The molecule has 9 nitrogen and oxygen atoms in total. The number of methoxy groups -OCH3 is 1. The number of benzene rings is 1. The predicted octanol–water partition coefficient (Wildman–Crippen LogP) is 3.37. The molecule has 3 atom stereocenters. The number of ketones is 1. The van der Waals surface area contributed by atoms with Gasteiger partial charge in [0.05, 0.1) is 30.1 Å². The quantitative estimate of drug-likeness (QED) is 0.408. The van der Waals surface area contributed by atoms with Crippen molar-refractivity contribution in [2.45, 2.75) is 45.3 Å². The number of likely N-dealkylation sites (tertiary alicyclic amines) is 1. The van der Waals surface area contributed by atoms with E-state index in [1.807, 2.05) is 0 Å². The van der Waals surface area contributed by atoms with Gasteiger partial charge in [-0.2, -0.15) is 0 Å². The van der Waals surface area contributed by atoms with E-state index in [0.29, 0.717) is 11.1 Å². The summed E-state index contributed by atoms with van der Waals surface area (Å²) in [6.07, 6.45) is 1.04. The molecule has 1 amide bonds. The van der Waals surface area contributed by atoms with Crippen molar-refractivity contribution in [1.29, 1.82) is 0 Å². The number of carbonyl (C=O) groups excluding carboxylic acids is 3. The lowest BCUT2D eigenvalue weighted by Crippen LogP contribution is -2.55. The molecule has 3 rings (SSSR count). The van der Waals surface area contributed by atoms with Crippen molar-refractivity contribution < 1.29 is 28.8 Å². The molecule has 31 heavy (non-hydrogen) atoms. The fourth-order valence-corrected chi connectivity index (χ4v) is 4.23. The number of amides is 1. The van der Waals surface area contributed by atoms with E-state index in [2.05, 4.69) is 0 Å². The van der Waals surface area contributed by atoms with Crippen molar-refractivity contribution in [2.24, 2.45) is 11.8 Å². The highest BCUT2D eigenvalue weighted by molar-refractivity contribution is 6.03. The molecule has 9 heteroatoms. The molecule has 1 aromatic carbocycles. The Labute approximate surface area is 180 Å². The maximum absolute atomic E-state index is 13.0. The van der Waals surface area contributed by atoms with Crippen LogP contribution in [0.3, 0.4) is 0 Å². The molecule has 0 unspecified atom stereocenters. The lowest BCUT2D eigenvalue weighted by molar-refractivity contribution is -0.385. The number of allylic oxidation sites excluding steroid dienone is 1. The van der Waals surface area contributed by atoms with Gasteiger partial charge in [0.15, 0.2) is 5.78 Å². The van der Waals surface area contributed by atoms with Crippen molar-refractivity contribution >= 4 is 29.1 Å². The maximum atomic E-state index is 13.0. The zero-order valence-electron chi connectivity index (χ0n) is 18.0. The second-order valence-electron chi connectivity index (χ2n) is 8.81. The zero-order chi connectivity index (χ0) is 22.9. The zero-order valence-corrected chi connectivity index (χ0v) is 18.0. The van der Waals surface area contributed by atoms with Gasteiger partial charge in [0.25, 0.3) is 5.69 Å². The van der Waals surface area contributed by atoms with Gasteiger partial charge in [-0.3, -0.25) is 19.7 Å². The number of nitro groups is 1. The number of hydrogen-bond acceptors (Lipinski definition) is 7. The van der Waals surface area contributed by atoms with Crippen LogP contribution in [0, 0.1) is 22.0 Å². The van der Waals surface area contributed by atoms with Crippen LogP contribution in [-0.4, -0.2) is 53.0 Å². The van der Waals surface area contributed by atoms with Crippen molar-refractivity contribution in [3.8, 4) is 0 Å². The molecule has 0 spiro atoms. The van der Waals surface area contributed by atoms with Gasteiger partial charge >= 0.3 is 12.1 Å². The summed E-state index contributed by atoms with van der Waals surface area (Å²) < 4.78 is 10.3. The summed E-state index contributed by atoms with van der Waals surface area (Å²) in [7, 11) is 1.27. The lowest BCUT2D eigenvalue weighted by Gasteiger charge is -2.46. The Morgan fingerprint density at radius 2 is 1.94 bits per heavy atom. The molecule has 1 aromatic rings. The largest absolute Gasteiger partial charge is 0.469 e. The first kappa shape index (κ1) is 22.5. The van der Waals surface area contributed by atoms with E-state index < -0.39 is 40.5 Å². The third kappa shape index (κ3) is 4.76. The van der Waals surface area contributed by atoms with Crippen LogP contribution >= 0.6 is 0 Å². The van der Waals surface area contributed by atoms with E-state index in [4.69, 9.17) is 9.47 Å². The number of nitro benzene ring substituents is 1. The van der Waals surface area contributed by atoms with E-state index in [1.54, 1.807) is 39.0 Å². The molecule has 0 aromatic heterocycles. The van der Waals surface area contributed by atoms with Crippen molar-refractivity contribution in [2.75, 3.05) is 13.7 Å². The first-order chi connectivity index (χ1) is 14.5. The molecule has 0 saturated carbocycles. The van der Waals surface area contributed by atoms with E-state index in [-0.39, 0.29) is 30.9 Å². The van der Waals surface area contributed by atoms with Crippen LogP contribution in [0.4, 0.5) is 10.5 Å². The topological polar surface area (TPSA) is 116 Å². The standard InChI is InChI=1S/C22H26N2O7/c1-22(2,3)31-21(27)23-12-13(9-20(26)30-4)15-10-18(23)16(11-19(15)25)14-7-5-6-8-17(14)24(28)29/h5-8,11,13,15,18H,9-10,12H2,1-4H3/t13-,15+,18+/m1/s1. The summed E-state index contributed by atoms with van der Waals surface area (Å²) in [5.74, 6) is -1.57. The van der Waals surface area contributed by atoms with Gasteiger partial charge in [-0.15, -0.1) is 0 Å².